The largest absolute Gasteiger partial charge is 0.493 e. The van der Waals surface area contributed by atoms with E-state index in [1.54, 1.807) is 7.11 Å². The van der Waals surface area contributed by atoms with Crippen molar-refractivity contribution in [3.8, 4) is 11.5 Å². The molecule has 0 aliphatic carbocycles. The molecule has 0 amide bonds. The second-order valence-corrected chi connectivity index (χ2v) is 8.12. The number of aromatic amines is 1. The number of ether oxygens (including phenoxy) is 2. The molecule has 0 atom stereocenters. The summed E-state index contributed by atoms with van der Waals surface area (Å²) >= 11 is 9.55. The summed E-state index contributed by atoms with van der Waals surface area (Å²) in [6.45, 7) is 1.74. The number of benzene rings is 3. The van der Waals surface area contributed by atoms with Gasteiger partial charge < -0.3 is 19.8 Å². The van der Waals surface area contributed by atoms with Crippen molar-refractivity contribution in [1.82, 2.24) is 15.3 Å². The van der Waals surface area contributed by atoms with Gasteiger partial charge >= 0.3 is 0 Å². The Balaban J connectivity index is 1.40. The average Bonchev–Trinajstić information content (AvgIpc) is 3.16. The lowest BCUT2D eigenvalue weighted by Crippen LogP contribution is -2.14. The van der Waals surface area contributed by atoms with E-state index in [9.17, 15) is 0 Å². The van der Waals surface area contributed by atoms with Crippen LogP contribution in [0, 0.1) is 0 Å². The molecule has 0 aliphatic rings. The highest BCUT2D eigenvalue weighted by atomic mass is 79.9. The molecular formula is C23H21BrClN3O2. The lowest BCUT2D eigenvalue weighted by Gasteiger charge is -2.15. The summed E-state index contributed by atoms with van der Waals surface area (Å²) in [5.74, 6) is 2.26. The van der Waals surface area contributed by atoms with Crippen LogP contribution in [-0.4, -0.2) is 17.1 Å². The van der Waals surface area contributed by atoms with Gasteiger partial charge in [-0.25, -0.2) is 4.98 Å². The summed E-state index contributed by atoms with van der Waals surface area (Å²) in [6.07, 6.45) is 0. The fraction of sp³-hybridized carbons (Fsp3) is 0.174. The number of nitrogens with zero attached hydrogens (tertiary/aromatic N) is 1. The third-order valence-corrected chi connectivity index (χ3v) is 5.49. The second-order valence-electron chi connectivity index (χ2n) is 6.83. The molecule has 1 heterocycles. The van der Waals surface area contributed by atoms with Crippen LogP contribution in [0.1, 0.15) is 17.0 Å². The Hall–Kier alpha value is -2.54. The van der Waals surface area contributed by atoms with Gasteiger partial charge in [-0.3, -0.25) is 0 Å². The van der Waals surface area contributed by atoms with Gasteiger partial charge in [-0.05, 0) is 63.5 Å². The minimum atomic E-state index is 0.426. The first-order valence-corrected chi connectivity index (χ1v) is 10.7. The van der Waals surface area contributed by atoms with Crippen molar-refractivity contribution in [1.29, 1.82) is 0 Å². The molecule has 0 spiro atoms. The van der Waals surface area contributed by atoms with Gasteiger partial charge in [0.2, 0.25) is 0 Å². The summed E-state index contributed by atoms with van der Waals surface area (Å²) in [7, 11) is 1.64. The zero-order valence-corrected chi connectivity index (χ0v) is 18.8. The van der Waals surface area contributed by atoms with E-state index in [1.165, 1.54) is 0 Å². The van der Waals surface area contributed by atoms with Gasteiger partial charge in [-0.15, -0.1) is 0 Å². The van der Waals surface area contributed by atoms with E-state index in [1.807, 2.05) is 60.7 Å². The number of hydrogen-bond donors (Lipinski definition) is 2. The van der Waals surface area contributed by atoms with Gasteiger partial charge in [-0.2, -0.15) is 0 Å². The first-order chi connectivity index (χ1) is 14.6. The molecular weight excluding hydrogens is 466 g/mol. The normalized spacial score (nSPS) is 11.0. The number of para-hydroxylation sites is 2. The number of methoxy groups -OCH3 is 1. The lowest BCUT2D eigenvalue weighted by molar-refractivity contribution is 0.282. The van der Waals surface area contributed by atoms with Crippen LogP contribution in [0.3, 0.4) is 0 Å². The van der Waals surface area contributed by atoms with Gasteiger partial charge in [-0.1, -0.05) is 35.9 Å². The Morgan fingerprint density at radius 1 is 1.03 bits per heavy atom. The third-order valence-electron chi connectivity index (χ3n) is 4.65. The molecule has 0 bridgehead atoms. The van der Waals surface area contributed by atoms with Gasteiger partial charge in [0.15, 0.2) is 11.5 Å². The van der Waals surface area contributed by atoms with Crippen LogP contribution in [-0.2, 0) is 19.7 Å². The third kappa shape index (κ3) is 4.95. The molecule has 5 nitrogen and oxygen atoms in total. The second kappa shape index (κ2) is 9.51. The lowest BCUT2D eigenvalue weighted by atomic mass is 10.2. The highest BCUT2D eigenvalue weighted by Gasteiger charge is 2.12. The fourth-order valence-electron chi connectivity index (χ4n) is 3.17. The van der Waals surface area contributed by atoms with Crippen LogP contribution in [0.5, 0.6) is 11.5 Å². The van der Waals surface area contributed by atoms with E-state index in [4.69, 9.17) is 21.1 Å². The predicted molar refractivity (Wildman–Crippen MR) is 123 cm³/mol. The van der Waals surface area contributed by atoms with Crippen molar-refractivity contribution in [3.63, 3.8) is 0 Å². The first kappa shape index (κ1) is 20.7. The maximum atomic E-state index is 6.00. The van der Waals surface area contributed by atoms with Crippen molar-refractivity contribution in [3.05, 3.63) is 87.1 Å². The van der Waals surface area contributed by atoms with Crippen molar-refractivity contribution in [2.24, 2.45) is 0 Å². The molecule has 0 unspecified atom stereocenters. The summed E-state index contributed by atoms with van der Waals surface area (Å²) in [6, 6.07) is 19.6. The number of nitrogens with one attached hydrogen (secondary N) is 2. The number of halogens is 2. The molecule has 7 heteroatoms. The molecule has 4 aromatic rings. The molecule has 3 aromatic carbocycles. The van der Waals surface area contributed by atoms with E-state index in [-0.39, 0.29) is 0 Å². The molecule has 4 rings (SSSR count). The number of aromatic nitrogens is 2. The first-order valence-electron chi connectivity index (χ1n) is 9.50. The Morgan fingerprint density at radius 3 is 2.60 bits per heavy atom. The van der Waals surface area contributed by atoms with E-state index in [0.717, 1.165) is 32.5 Å². The molecule has 0 radical (unpaired) electrons. The van der Waals surface area contributed by atoms with Crippen LogP contribution in [0.2, 0.25) is 5.02 Å². The van der Waals surface area contributed by atoms with Gasteiger partial charge in [0.1, 0.15) is 12.4 Å². The summed E-state index contributed by atoms with van der Waals surface area (Å²) in [5.41, 5.74) is 4.13. The number of rotatable bonds is 8. The van der Waals surface area contributed by atoms with Crippen molar-refractivity contribution in [2.45, 2.75) is 19.7 Å². The Bertz CT molecular complexity index is 1110. The Labute approximate surface area is 188 Å². The minimum Gasteiger partial charge on any atom is -0.493 e. The zero-order valence-electron chi connectivity index (χ0n) is 16.4. The molecule has 0 saturated heterocycles. The van der Waals surface area contributed by atoms with Crippen LogP contribution in [0.25, 0.3) is 11.0 Å². The smallest absolute Gasteiger partial charge is 0.175 e. The van der Waals surface area contributed by atoms with E-state index < -0.39 is 0 Å². The molecule has 154 valence electrons. The monoisotopic (exact) mass is 485 g/mol. The molecule has 1 aromatic heterocycles. The number of hydrogen-bond acceptors (Lipinski definition) is 4. The maximum absolute atomic E-state index is 6.00. The van der Waals surface area contributed by atoms with Crippen LogP contribution in [0.15, 0.2) is 65.1 Å². The van der Waals surface area contributed by atoms with Crippen LogP contribution in [0.4, 0.5) is 0 Å². The van der Waals surface area contributed by atoms with Gasteiger partial charge in [0.05, 0.1) is 29.2 Å². The maximum Gasteiger partial charge on any atom is 0.175 e. The van der Waals surface area contributed by atoms with Crippen LogP contribution < -0.4 is 14.8 Å². The molecule has 0 aliphatic heterocycles. The van der Waals surface area contributed by atoms with Crippen molar-refractivity contribution < 1.29 is 9.47 Å². The molecule has 0 fully saturated rings. The summed E-state index contributed by atoms with van der Waals surface area (Å²) in [5, 5.41) is 4.12. The van der Waals surface area contributed by atoms with Crippen molar-refractivity contribution >= 4 is 38.6 Å². The number of imidazole rings is 1. The highest BCUT2D eigenvalue weighted by molar-refractivity contribution is 9.10. The standard InChI is InChI=1S/C23H21BrClN3O2/c1-29-21-11-16(12-26-13-22-27-19-4-2-3-5-20(19)28-22)10-18(24)23(21)30-14-15-6-8-17(25)9-7-15/h2-11,26H,12-14H2,1H3,(H,27,28). The number of H-pyrrole nitrogens is 1. The SMILES string of the molecule is COc1cc(CNCc2nc3ccccc3[nH]2)cc(Br)c1OCc1ccc(Cl)cc1. The average molecular weight is 487 g/mol. The van der Waals surface area contributed by atoms with Gasteiger partial charge in [0.25, 0.3) is 0 Å². The zero-order chi connectivity index (χ0) is 20.9. The Morgan fingerprint density at radius 2 is 1.83 bits per heavy atom. The Kier molecular flexibility index (Phi) is 6.57. The topological polar surface area (TPSA) is 59.2 Å². The predicted octanol–water partition coefficient (Wildman–Crippen LogP) is 5.86. The number of fused-ring (bicyclic) bond motifs is 1. The van der Waals surface area contributed by atoms with Crippen LogP contribution >= 0.6 is 27.5 Å². The van der Waals surface area contributed by atoms with E-state index in [0.29, 0.717) is 36.2 Å². The van der Waals surface area contributed by atoms with E-state index >= 15 is 0 Å². The fourth-order valence-corrected chi connectivity index (χ4v) is 3.90. The summed E-state index contributed by atoms with van der Waals surface area (Å²) < 4.78 is 12.4. The van der Waals surface area contributed by atoms with Gasteiger partial charge in [0, 0.05) is 11.6 Å². The molecule has 0 saturated carbocycles. The van der Waals surface area contributed by atoms with Crippen molar-refractivity contribution in [2.75, 3.05) is 7.11 Å². The molecule has 30 heavy (non-hydrogen) atoms. The highest BCUT2D eigenvalue weighted by Crippen LogP contribution is 2.37. The minimum absolute atomic E-state index is 0.426. The quantitative estimate of drug-likeness (QED) is 0.328. The summed E-state index contributed by atoms with van der Waals surface area (Å²) in [4.78, 5) is 7.91. The van der Waals surface area contributed by atoms with E-state index in [2.05, 4.69) is 31.2 Å². The molecule has 2 N–H and O–H groups in total.